The quantitative estimate of drug-likeness (QED) is 0.915. The zero-order valence-corrected chi connectivity index (χ0v) is 8.39. The fourth-order valence-corrected chi connectivity index (χ4v) is 1.30. The van der Waals surface area contributed by atoms with Crippen LogP contribution in [-0.4, -0.2) is 11.7 Å². The molecule has 0 saturated carbocycles. The lowest BCUT2D eigenvalue weighted by Gasteiger charge is -2.10. The van der Waals surface area contributed by atoms with Gasteiger partial charge < -0.3 is 9.84 Å². The lowest BCUT2D eigenvalue weighted by atomic mass is 10.2. The molecule has 0 saturated heterocycles. The molecule has 0 aromatic heterocycles. The second-order valence-electron chi connectivity index (χ2n) is 2.37. The molecule has 0 fully saturated rings. The van der Waals surface area contributed by atoms with Crippen LogP contribution in [0.2, 0.25) is 0 Å². The molecule has 78 valence electrons. The van der Waals surface area contributed by atoms with E-state index in [9.17, 15) is 13.2 Å². The third-order valence-electron chi connectivity index (χ3n) is 1.53. The maximum Gasteiger partial charge on any atom is 0.387 e. The summed E-state index contributed by atoms with van der Waals surface area (Å²) in [5, 5.41) is 8.75. The van der Waals surface area contributed by atoms with Gasteiger partial charge in [0.25, 0.3) is 0 Å². The minimum absolute atomic E-state index is 0.0863. The van der Waals surface area contributed by atoms with Gasteiger partial charge in [-0.25, -0.2) is 4.39 Å². The third-order valence-corrected chi connectivity index (χ3v) is 2.14. The Labute approximate surface area is 86.4 Å². The maximum absolute atomic E-state index is 13.2. The van der Waals surface area contributed by atoms with Crippen molar-refractivity contribution in [2.24, 2.45) is 0 Å². The first kappa shape index (κ1) is 11.3. The van der Waals surface area contributed by atoms with Crippen LogP contribution in [0.4, 0.5) is 13.2 Å². The van der Waals surface area contributed by atoms with E-state index in [1.807, 2.05) is 0 Å². The van der Waals surface area contributed by atoms with Crippen molar-refractivity contribution in [3.8, 4) is 5.75 Å². The molecule has 1 rings (SSSR count). The summed E-state index contributed by atoms with van der Waals surface area (Å²) in [6.45, 7) is -3.74. The van der Waals surface area contributed by atoms with E-state index in [1.54, 1.807) is 0 Å². The number of aliphatic hydroxyl groups excluding tert-OH is 1. The summed E-state index contributed by atoms with van der Waals surface area (Å²) in [6, 6.07) is 2.39. The Kier molecular flexibility index (Phi) is 3.77. The molecule has 0 amide bonds. The predicted molar refractivity (Wildman–Crippen MR) is 46.7 cm³/mol. The highest BCUT2D eigenvalue weighted by molar-refractivity contribution is 9.10. The molecule has 1 aromatic carbocycles. The van der Waals surface area contributed by atoms with Gasteiger partial charge in [-0.05, 0) is 28.1 Å². The monoisotopic (exact) mass is 270 g/mol. The van der Waals surface area contributed by atoms with Crippen LogP contribution in [-0.2, 0) is 6.61 Å². The molecular formula is C8H6BrF3O2. The number of rotatable bonds is 3. The SMILES string of the molecule is OCc1c(OC(F)F)ccc(Br)c1F. The maximum atomic E-state index is 13.2. The standard InChI is InChI=1S/C8H6BrF3O2/c9-5-1-2-6(14-8(11)12)4(3-13)7(5)10/h1-2,8,13H,3H2. The topological polar surface area (TPSA) is 29.5 Å². The Morgan fingerprint density at radius 1 is 1.43 bits per heavy atom. The lowest BCUT2D eigenvalue weighted by Crippen LogP contribution is -2.06. The normalized spacial score (nSPS) is 10.7. The van der Waals surface area contributed by atoms with Crippen molar-refractivity contribution in [2.75, 3.05) is 0 Å². The van der Waals surface area contributed by atoms with Gasteiger partial charge in [0.1, 0.15) is 11.6 Å². The highest BCUT2D eigenvalue weighted by Crippen LogP contribution is 2.28. The molecule has 0 spiro atoms. The van der Waals surface area contributed by atoms with Crippen LogP contribution < -0.4 is 4.74 Å². The van der Waals surface area contributed by atoms with E-state index in [4.69, 9.17) is 5.11 Å². The summed E-state index contributed by atoms with van der Waals surface area (Å²) >= 11 is 2.86. The Morgan fingerprint density at radius 3 is 2.57 bits per heavy atom. The van der Waals surface area contributed by atoms with Gasteiger partial charge in [0.05, 0.1) is 16.6 Å². The van der Waals surface area contributed by atoms with E-state index in [0.717, 1.165) is 6.07 Å². The fraction of sp³-hybridized carbons (Fsp3) is 0.250. The van der Waals surface area contributed by atoms with Crippen LogP contribution in [0.25, 0.3) is 0 Å². The van der Waals surface area contributed by atoms with Crippen molar-refractivity contribution >= 4 is 15.9 Å². The third kappa shape index (κ3) is 2.39. The lowest BCUT2D eigenvalue weighted by molar-refractivity contribution is -0.0511. The van der Waals surface area contributed by atoms with Crippen molar-refractivity contribution in [3.63, 3.8) is 0 Å². The number of hydrogen-bond donors (Lipinski definition) is 1. The van der Waals surface area contributed by atoms with Crippen LogP contribution in [0, 0.1) is 5.82 Å². The van der Waals surface area contributed by atoms with Crippen LogP contribution >= 0.6 is 15.9 Å². The van der Waals surface area contributed by atoms with E-state index >= 15 is 0 Å². The number of hydrogen-bond acceptors (Lipinski definition) is 2. The van der Waals surface area contributed by atoms with Crippen molar-refractivity contribution in [1.82, 2.24) is 0 Å². The highest BCUT2D eigenvalue weighted by Gasteiger charge is 2.15. The summed E-state index contributed by atoms with van der Waals surface area (Å²) in [6.07, 6.45) is 0. The molecular weight excluding hydrogens is 265 g/mol. The second kappa shape index (κ2) is 4.65. The summed E-state index contributed by atoms with van der Waals surface area (Å²) in [4.78, 5) is 0. The van der Waals surface area contributed by atoms with Crippen molar-refractivity contribution in [2.45, 2.75) is 13.2 Å². The minimum Gasteiger partial charge on any atom is -0.434 e. The number of alkyl halides is 2. The number of ether oxygens (including phenoxy) is 1. The second-order valence-corrected chi connectivity index (χ2v) is 3.23. The molecule has 0 radical (unpaired) electrons. The first-order valence-corrected chi connectivity index (χ1v) is 4.38. The molecule has 0 aliphatic carbocycles. The predicted octanol–water partition coefficient (Wildman–Crippen LogP) is 2.68. The summed E-state index contributed by atoms with van der Waals surface area (Å²) < 4.78 is 40.9. The highest BCUT2D eigenvalue weighted by atomic mass is 79.9. The molecule has 0 aliphatic heterocycles. The molecule has 0 bridgehead atoms. The van der Waals surface area contributed by atoms with E-state index < -0.39 is 19.0 Å². The fourth-order valence-electron chi connectivity index (χ4n) is 0.929. The average molecular weight is 271 g/mol. The van der Waals surface area contributed by atoms with Crippen LogP contribution in [0.5, 0.6) is 5.75 Å². The number of aliphatic hydroxyl groups is 1. The van der Waals surface area contributed by atoms with Gasteiger partial charge in [0.2, 0.25) is 0 Å². The zero-order chi connectivity index (χ0) is 10.7. The van der Waals surface area contributed by atoms with Gasteiger partial charge in [-0.1, -0.05) is 0 Å². The van der Waals surface area contributed by atoms with Crippen LogP contribution in [0.1, 0.15) is 5.56 Å². The van der Waals surface area contributed by atoms with E-state index in [-0.39, 0.29) is 15.8 Å². The molecule has 0 unspecified atom stereocenters. The Bertz CT molecular complexity index is 331. The van der Waals surface area contributed by atoms with Gasteiger partial charge >= 0.3 is 6.61 Å². The van der Waals surface area contributed by atoms with E-state index in [2.05, 4.69) is 20.7 Å². The summed E-state index contributed by atoms with van der Waals surface area (Å²) in [5.74, 6) is -1.16. The largest absolute Gasteiger partial charge is 0.434 e. The molecule has 14 heavy (non-hydrogen) atoms. The first-order valence-electron chi connectivity index (χ1n) is 3.58. The first-order chi connectivity index (χ1) is 6.56. The smallest absolute Gasteiger partial charge is 0.387 e. The molecule has 2 nitrogen and oxygen atoms in total. The van der Waals surface area contributed by atoms with Crippen molar-refractivity contribution in [1.29, 1.82) is 0 Å². The summed E-state index contributed by atoms with van der Waals surface area (Å²) in [7, 11) is 0. The number of benzene rings is 1. The van der Waals surface area contributed by atoms with E-state index in [1.165, 1.54) is 6.07 Å². The Morgan fingerprint density at radius 2 is 2.07 bits per heavy atom. The molecule has 0 aliphatic rings. The van der Waals surface area contributed by atoms with Gasteiger partial charge in [0, 0.05) is 0 Å². The molecule has 0 heterocycles. The zero-order valence-electron chi connectivity index (χ0n) is 6.81. The molecule has 6 heteroatoms. The molecule has 1 aromatic rings. The van der Waals surface area contributed by atoms with Gasteiger partial charge in [-0.3, -0.25) is 0 Å². The van der Waals surface area contributed by atoms with E-state index in [0.29, 0.717) is 0 Å². The Hall–Kier alpha value is -0.750. The summed E-state index contributed by atoms with van der Waals surface area (Å²) in [5.41, 5.74) is -0.292. The van der Waals surface area contributed by atoms with Gasteiger partial charge in [-0.2, -0.15) is 8.78 Å². The van der Waals surface area contributed by atoms with Gasteiger partial charge in [0.15, 0.2) is 0 Å². The van der Waals surface area contributed by atoms with Gasteiger partial charge in [-0.15, -0.1) is 0 Å². The minimum atomic E-state index is -3.04. The van der Waals surface area contributed by atoms with Crippen molar-refractivity contribution in [3.05, 3.63) is 28.0 Å². The van der Waals surface area contributed by atoms with Crippen LogP contribution in [0.3, 0.4) is 0 Å². The molecule has 0 atom stereocenters. The average Bonchev–Trinajstić information content (AvgIpc) is 2.11. The molecule has 1 N–H and O–H groups in total. The van der Waals surface area contributed by atoms with Crippen molar-refractivity contribution < 1.29 is 23.0 Å². The van der Waals surface area contributed by atoms with Crippen LogP contribution in [0.15, 0.2) is 16.6 Å². The number of halogens is 4. The Balaban J connectivity index is 3.10.